The molecule has 0 saturated carbocycles. The van der Waals surface area contributed by atoms with Crippen molar-refractivity contribution in [3.8, 4) is 0 Å². The molecule has 1 rings (SSSR count). The van der Waals surface area contributed by atoms with E-state index in [1.54, 1.807) is 0 Å². The van der Waals surface area contributed by atoms with Crippen LogP contribution in [0.15, 0.2) is 12.2 Å². The molecule has 0 N–H and O–H groups in total. The zero-order valence-corrected chi connectivity index (χ0v) is 7.88. The van der Waals surface area contributed by atoms with Crippen molar-refractivity contribution >= 4 is 0 Å². The molecule has 1 aliphatic rings. The van der Waals surface area contributed by atoms with Gasteiger partial charge in [-0.2, -0.15) is 0 Å². The van der Waals surface area contributed by atoms with Crippen LogP contribution in [0.5, 0.6) is 0 Å². The van der Waals surface area contributed by atoms with E-state index < -0.39 is 0 Å². The van der Waals surface area contributed by atoms with Crippen LogP contribution < -0.4 is 0 Å². The lowest BCUT2D eigenvalue weighted by atomic mass is 9.97. The van der Waals surface area contributed by atoms with Gasteiger partial charge in [0.2, 0.25) is 0 Å². The number of hydrogen-bond donors (Lipinski definition) is 0. The van der Waals surface area contributed by atoms with Crippen LogP contribution in [0.1, 0.15) is 33.1 Å². The average molecular weight is 153 g/mol. The largest absolute Gasteiger partial charge is 0.297 e. The van der Waals surface area contributed by atoms with Gasteiger partial charge < -0.3 is 0 Å². The van der Waals surface area contributed by atoms with Crippen LogP contribution in [-0.2, 0) is 0 Å². The first kappa shape index (κ1) is 8.79. The van der Waals surface area contributed by atoms with E-state index in [1.165, 1.54) is 19.3 Å². The molecule has 1 heterocycles. The third kappa shape index (κ3) is 2.06. The van der Waals surface area contributed by atoms with Crippen LogP contribution in [0.2, 0.25) is 0 Å². The van der Waals surface area contributed by atoms with E-state index in [-0.39, 0.29) is 0 Å². The van der Waals surface area contributed by atoms with Gasteiger partial charge in [-0.15, -0.1) is 0 Å². The first-order chi connectivity index (χ1) is 5.25. The van der Waals surface area contributed by atoms with Crippen LogP contribution in [0.4, 0.5) is 0 Å². The molecule has 64 valence electrons. The van der Waals surface area contributed by atoms with Gasteiger partial charge in [-0.05, 0) is 33.7 Å². The molecule has 0 amide bonds. The maximum Gasteiger partial charge on any atom is 0.0277 e. The summed E-state index contributed by atoms with van der Waals surface area (Å²) in [6.07, 6.45) is 8.57. The lowest BCUT2D eigenvalue weighted by Gasteiger charge is -2.36. The van der Waals surface area contributed by atoms with Gasteiger partial charge in [-0.1, -0.05) is 18.6 Å². The van der Waals surface area contributed by atoms with Gasteiger partial charge in [0, 0.05) is 12.1 Å². The van der Waals surface area contributed by atoms with E-state index in [0.29, 0.717) is 6.04 Å². The van der Waals surface area contributed by atoms with E-state index in [2.05, 4.69) is 37.9 Å². The van der Waals surface area contributed by atoms with Gasteiger partial charge in [-0.3, -0.25) is 4.90 Å². The Kier molecular flexibility index (Phi) is 3.13. The van der Waals surface area contributed by atoms with Crippen LogP contribution in [0.3, 0.4) is 0 Å². The van der Waals surface area contributed by atoms with Gasteiger partial charge >= 0.3 is 0 Å². The van der Waals surface area contributed by atoms with Crippen LogP contribution in [-0.4, -0.2) is 24.0 Å². The topological polar surface area (TPSA) is 3.24 Å². The van der Waals surface area contributed by atoms with Gasteiger partial charge in [-0.25, -0.2) is 0 Å². The van der Waals surface area contributed by atoms with E-state index in [1.807, 2.05) is 0 Å². The fourth-order valence-corrected chi connectivity index (χ4v) is 1.81. The fraction of sp³-hybridized carbons (Fsp3) is 0.800. The number of piperidine rings is 1. The van der Waals surface area contributed by atoms with Crippen molar-refractivity contribution in [2.45, 2.75) is 45.2 Å². The molecule has 0 aliphatic carbocycles. The molecule has 1 saturated heterocycles. The van der Waals surface area contributed by atoms with E-state index in [0.717, 1.165) is 6.04 Å². The first-order valence-electron chi connectivity index (χ1n) is 4.60. The average Bonchev–Trinajstić information content (AvgIpc) is 1.99. The van der Waals surface area contributed by atoms with Crippen LogP contribution in [0, 0.1) is 0 Å². The third-order valence-electron chi connectivity index (χ3n) is 2.75. The second-order valence-electron chi connectivity index (χ2n) is 3.54. The van der Waals surface area contributed by atoms with Crippen LogP contribution in [0.25, 0.3) is 0 Å². The number of nitrogens with zero attached hydrogens (tertiary/aromatic N) is 1. The highest BCUT2D eigenvalue weighted by Crippen LogP contribution is 2.21. The molecule has 0 bridgehead atoms. The van der Waals surface area contributed by atoms with Crippen molar-refractivity contribution in [3.05, 3.63) is 12.2 Å². The number of likely N-dealkylation sites (N-methyl/N-ethyl adjacent to an activating group) is 1. The summed E-state index contributed by atoms with van der Waals surface area (Å²) in [6, 6.07) is 1.47. The summed E-state index contributed by atoms with van der Waals surface area (Å²) in [7, 11) is 2.23. The minimum absolute atomic E-state index is 0.698. The second-order valence-corrected chi connectivity index (χ2v) is 3.54. The summed E-state index contributed by atoms with van der Waals surface area (Å²) in [5, 5.41) is 0. The lowest BCUT2D eigenvalue weighted by Crippen LogP contribution is -2.41. The van der Waals surface area contributed by atoms with Crippen molar-refractivity contribution in [1.82, 2.24) is 4.90 Å². The molecule has 1 nitrogen and oxygen atoms in total. The van der Waals surface area contributed by atoms with Gasteiger partial charge in [0.15, 0.2) is 0 Å². The highest BCUT2D eigenvalue weighted by atomic mass is 15.2. The molecule has 0 spiro atoms. The first-order valence-corrected chi connectivity index (χ1v) is 4.60. The molecule has 0 aromatic carbocycles. The van der Waals surface area contributed by atoms with Gasteiger partial charge in [0.25, 0.3) is 0 Å². The maximum absolute atomic E-state index is 2.48. The monoisotopic (exact) mass is 153 g/mol. The molecule has 0 aromatic heterocycles. The predicted molar refractivity (Wildman–Crippen MR) is 49.7 cm³/mol. The summed E-state index contributed by atoms with van der Waals surface area (Å²) < 4.78 is 0. The summed E-state index contributed by atoms with van der Waals surface area (Å²) in [5.74, 6) is 0. The summed E-state index contributed by atoms with van der Waals surface area (Å²) >= 11 is 0. The highest BCUT2D eigenvalue weighted by Gasteiger charge is 2.21. The van der Waals surface area contributed by atoms with Crippen molar-refractivity contribution in [1.29, 1.82) is 0 Å². The molecule has 0 aromatic rings. The Morgan fingerprint density at radius 2 is 2.09 bits per heavy atom. The number of allylic oxidation sites excluding steroid dienone is 1. The fourth-order valence-electron chi connectivity index (χ4n) is 1.81. The Balaban J connectivity index is 2.51. The Morgan fingerprint density at radius 3 is 2.73 bits per heavy atom. The zero-order chi connectivity index (χ0) is 8.27. The van der Waals surface area contributed by atoms with E-state index in [4.69, 9.17) is 0 Å². The van der Waals surface area contributed by atoms with Crippen molar-refractivity contribution in [3.63, 3.8) is 0 Å². The van der Waals surface area contributed by atoms with Crippen molar-refractivity contribution in [2.75, 3.05) is 7.05 Å². The normalized spacial score (nSPS) is 34.8. The molecule has 0 radical (unpaired) electrons. The molecule has 1 heteroatoms. The third-order valence-corrected chi connectivity index (χ3v) is 2.75. The molecule has 11 heavy (non-hydrogen) atoms. The van der Waals surface area contributed by atoms with Gasteiger partial charge in [0.1, 0.15) is 0 Å². The maximum atomic E-state index is 2.48. The molecule has 2 unspecified atom stereocenters. The SMILES string of the molecule is CC=CC1CCCC(C)N1C. The standard InChI is InChI=1S/C10H19N/c1-4-6-10-8-5-7-9(2)11(10)3/h4,6,9-10H,5,7-8H2,1-3H3. The number of hydrogen-bond acceptors (Lipinski definition) is 1. The van der Waals surface area contributed by atoms with E-state index in [9.17, 15) is 0 Å². The van der Waals surface area contributed by atoms with Crippen molar-refractivity contribution in [2.24, 2.45) is 0 Å². The Bertz CT molecular complexity index is 140. The quantitative estimate of drug-likeness (QED) is 0.523. The Hall–Kier alpha value is -0.300. The lowest BCUT2D eigenvalue weighted by molar-refractivity contribution is 0.155. The molecular formula is C10H19N. The number of likely N-dealkylation sites (tertiary alicyclic amines) is 1. The highest BCUT2D eigenvalue weighted by molar-refractivity contribution is 4.95. The second kappa shape index (κ2) is 3.91. The summed E-state index contributed by atoms with van der Waals surface area (Å²) in [4.78, 5) is 2.48. The molecule has 1 fully saturated rings. The minimum Gasteiger partial charge on any atom is -0.297 e. The number of rotatable bonds is 1. The van der Waals surface area contributed by atoms with Gasteiger partial charge in [0.05, 0.1) is 0 Å². The van der Waals surface area contributed by atoms with E-state index >= 15 is 0 Å². The molecule has 2 atom stereocenters. The Labute approximate surface area is 70.1 Å². The Morgan fingerprint density at radius 1 is 1.36 bits per heavy atom. The summed E-state index contributed by atoms with van der Waals surface area (Å²) in [5.41, 5.74) is 0. The zero-order valence-electron chi connectivity index (χ0n) is 7.88. The summed E-state index contributed by atoms with van der Waals surface area (Å²) in [6.45, 7) is 4.42. The molecular weight excluding hydrogens is 134 g/mol. The smallest absolute Gasteiger partial charge is 0.0277 e. The van der Waals surface area contributed by atoms with Crippen molar-refractivity contribution < 1.29 is 0 Å². The van der Waals surface area contributed by atoms with Crippen LogP contribution >= 0.6 is 0 Å². The molecule has 1 aliphatic heterocycles. The predicted octanol–water partition coefficient (Wildman–Crippen LogP) is 2.44. The minimum atomic E-state index is 0.698.